The maximum atomic E-state index is 4.91. The second kappa shape index (κ2) is 6.56. The van der Waals surface area contributed by atoms with Gasteiger partial charge in [0.2, 0.25) is 5.89 Å². The summed E-state index contributed by atoms with van der Waals surface area (Å²) in [5.41, 5.74) is 0. The fraction of sp³-hybridized carbons (Fsp3) is 0.750. The van der Waals surface area contributed by atoms with Gasteiger partial charge in [-0.15, -0.1) is 0 Å². The van der Waals surface area contributed by atoms with Crippen molar-refractivity contribution in [3.05, 3.63) is 12.2 Å². The highest BCUT2D eigenvalue weighted by Crippen LogP contribution is 1.90. The molecule has 0 saturated heterocycles. The lowest BCUT2D eigenvalue weighted by atomic mass is 10.4. The smallest absolute Gasteiger partial charge is 0.227 e. The molecule has 1 rings (SSSR count). The number of rotatable bonds is 7. The molecule has 0 amide bonds. The van der Waals surface area contributed by atoms with Crippen LogP contribution in [-0.4, -0.2) is 36.9 Å². The van der Waals surface area contributed by atoms with Crippen molar-refractivity contribution < 1.29 is 9.26 Å². The number of methoxy groups -OCH3 is 1. The minimum atomic E-state index is 0.680. The third-order valence-corrected chi connectivity index (χ3v) is 1.62. The van der Waals surface area contributed by atoms with Gasteiger partial charge in [0.1, 0.15) is 0 Å². The largest absolute Gasteiger partial charge is 0.385 e. The van der Waals surface area contributed by atoms with Gasteiger partial charge in [0.05, 0.1) is 0 Å². The summed E-state index contributed by atoms with van der Waals surface area (Å²) in [4.78, 5) is 3.91. The number of hydrogen-bond donors (Lipinski definition) is 1. The highest BCUT2D eigenvalue weighted by atomic mass is 16.5. The summed E-state index contributed by atoms with van der Waals surface area (Å²) in [6, 6.07) is 0. The van der Waals surface area contributed by atoms with E-state index >= 15 is 0 Å². The van der Waals surface area contributed by atoms with E-state index in [4.69, 9.17) is 9.26 Å². The lowest BCUT2D eigenvalue weighted by molar-refractivity contribution is 0.194. The number of hydrogen-bond acceptors (Lipinski definition) is 5. The predicted octanol–water partition coefficient (Wildman–Crippen LogP) is 0.238. The van der Waals surface area contributed by atoms with Gasteiger partial charge in [-0.05, 0) is 13.0 Å². The molecule has 0 fully saturated rings. The molecule has 0 aliphatic rings. The van der Waals surface area contributed by atoms with Crippen molar-refractivity contribution >= 4 is 0 Å². The Morgan fingerprint density at radius 1 is 1.54 bits per heavy atom. The SMILES string of the molecule is COCCCNCCc1ncno1. The Hall–Kier alpha value is -0.940. The maximum absolute atomic E-state index is 4.91. The molecule has 0 saturated carbocycles. The van der Waals surface area contributed by atoms with E-state index in [-0.39, 0.29) is 0 Å². The van der Waals surface area contributed by atoms with Gasteiger partial charge in [-0.3, -0.25) is 0 Å². The van der Waals surface area contributed by atoms with Crippen LogP contribution in [0.4, 0.5) is 0 Å². The van der Waals surface area contributed by atoms with Gasteiger partial charge >= 0.3 is 0 Å². The molecule has 0 aliphatic heterocycles. The topological polar surface area (TPSA) is 60.2 Å². The number of ether oxygens (including phenoxy) is 1. The molecule has 13 heavy (non-hydrogen) atoms. The molecule has 5 nitrogen and oxygen atoms in total. The fourth-order valence-corrected chi connectivity index (χ4v) is 0.968. The number of aromatic nitrogens is 2. The van der Waals surface area contributed by atoms with Crippen molar-refractivity contribution in [2.45, 2.75) is 12.8 Å². The molecule has 1 heterocycles. The van der Waals surface area contributed by atoms with Crippen molar-refractivity contribution in [2.24, 2.45) is 0 Å². The van der Waals surface area contributed by atoms with Crippen LogP contribution in [0.2, 0.25) is 0 Å². The fourth-order valence-electron chi connectivity index (χ4n) is 0.968. The molecule has 0 radical (unpaired) electrons. The zero-order valence-corrected chi connectivity index (χ0v) is 7.82. The summed E-state index contributed by atoms with van der Waals surface area (Å²) >= 11 is 0. The molecular weight excluding hydrogens is 170 g/mol. The molecule has 0 aliphatic carbocycles. The van der Waals surface area contributed by atoms with E-state index in [1.54, 1.807) is 7.11 Å². The summed E-state index contributed by atoms with van der Waals surface area (Å²) < 4.78 is 9.75. The monoisotopic (exact) mass is 185 g/mol. The second-order valence-corrected chi connectivity index (χ2v) is 2.68. The standard InChI is InChI=1S/C8H15N3O2/c1-12-6-2-4-9-5-3-8-10-7-11-13-8/h7,9H,2-6H2,1H3. The van der Waals surface area contributed by atoms with E-state index in [2.05, 4.69) is 15.5 Å². The Morgan fingerprint density at radius 3 is 3.15 bits per heavy atom. The average Bonchev–Trinajstić information content (AvgIpc) is 2.63. The summed E-state index contributed by atoms with van der Waals surface area (Å²) in [6.45, 7) is 2.63. The van der Waals surface area contributed by atoms with Crippen LogP contribution in [0.5, 0.6) is 0 Å². The quantitative estimate of drug-likeness (QED) is 0.616. The summed E-state index contributed by atoms with van der Waals surface area (Å²) in [5.74, 6) is 0.680. The Morgan fingerprint density at radius 2 is 2.46 bits per heavy atom. The van der Waals surface area contributed by atoms with Crippen LogP contribution >= 0.6 is 0 Å². The first kappa shape index (κ1) is 10.1. The van der Waals surface area contributed by atoms with Crippen LogP contribution in [0.1, 0.15) is 12.3 Å². The highest BCUT2D eigenvalue weighted by molar-refractivity contribution is 4.74. The normalized spacial score (nSPS) is 10.5. The Balaban J connectivity index is 1.90. The van der Waals surface area contributed by atoms with Gasteiger partial charge in [-0.2, -0.15) is 4.98 Å². The van der Waals surface area contributed by atoms with Crippen molar-refractivity contribution in [2.75, 3.05) is 26.8 Å². The van der Waals surface area contributed by atoms with Crippen LogP contribution in [-0.2, 0) is 11.2 Å². The van der Waals surface area contributed by atoms with Gasteiger partial charge in [0.25, 0.3) is 0 Å². The van der Waals surface area contributed by atoms with Crippen molar-refractivity contribution in [3.63, 3.8) is 0 Å². The first-order chi connectivity index (χ1) is 6.43. The molecule has 0 atom stereocenters. The van der Waals surface area contributed by atoms with E-state index in [0.717, 1.165) is 32.5 Å². The lowest BCUT2D eigenvalue weighted by Gasteiger charge is -2.01. The molecule has 0 spiro atoms. The van der Waals surface area contributed by atoms with Gasteiger partial charge in [0.15, 0.2) is 6.33 Å². The van der Waals surface area contributed by atoms with Crippen LogP contribution in [0.3, 0.4) is 0 Å². The molecule has 5 heteroatoms. The van der Waals surface area contributed by atoms with E-state index in [9.17, 15) is 0 Å². The third-order valence-electron chi connectivity index (χ3n) is 1.62. The van der Waals surface area contributed by atoms with E-state index in [1.165, 1.54) is 6.33 Å². The molecule has 0 aromatic carbocycles. The van der Waals surface area contributed by atoms with Gasteiger partial charge in [-0.25, -0.2) is 0 Å². The van der Waals surface area contributed by atoms with E-state index in [0.29, 0.717) is 5.89 Å². The van der Waals surface area contributed by atoms with E-state index in [1.807, 2.05) is 0 Å². The average molecular weight is 185 g/mol. The Kier molecular flexibility index (Phi) is 5.12. The minimum Gasteiger partial charge on any atom is -0.385 e. The van der Waals surface area contributed by atoms with Crippen LogP contribution in [0.25, 0.3) is 0 Å². The van der Waals surface area contributed by atoms with Crippen molar-refractivity contribution in [1.82, 2.24) is 15.5 Å². The van der Waals surface area contributed by atoms with Gasteiger partial charge < -0.3 is 14.6 Å². The van der Waals surface area contributed by atoms with E-state index < -0.39 is 0 Å². The van der Waals surface area contributed by atoms with Gasteiger partial charge in [0, 0.05) is 26.7 Å². The Bertz CT molecular complexity index is 201. The number of nitrogens with zero attached hydrogens (tertiary/aromatic N) is 2. The zero-order chi connectivity index (χ0) is 9.36. The highest BCUT2D eigenvalue weighted by Gasteiger charge is 1.96. The molecule has 0 bridgehead atoms. The summed E-state index contributed by atoms with van der Waals surface area (Å²) in [6.07, 6.45) is 3.23. The Labute approximate surface area is 77.5 Å². The van der Waals surface area contributed by atoms with Crippen molar-refractivity contribution in [3.8, 4) is 0 Å². The summed E-state index contributed by atoms with van der Waals surface area (Å²) in [7, 11) is 1.71. The molecule has 1 aromatic rings. The molecule has 1 N–H and O–H groups in total. The number of nitrogens with one attached hydrogen (secondary N) is 1. The second-order valence-electron chi connectivity index (χ2n) is 2.68. The predicted molar refractivity (Wildman–Crippen MR) is 47.4 cm³/mol. The molecule has 0 unspecified atom stereocenters. The summed E-state index contributed by atoms with van der Waals surface area (Å²) in [5, 5.41) is 6.77. The minimum absolute atomic E-state index is 0.680. The maximum Gasteiger partial charge on any atom is 0.227 e. The third kappa shape index (κ3) is 4.59. The van der Waals surface area contributed by atoms with Crippen molar-refractivity contribution in [1.29, 1.82) is 0 Å². The van der Waals surface area contributed by atoms with Crippen LogP contribution < -0.4 is 5.32 Å². The zero-order valence-electron chi connectivity index (χ0n) is 7.82. The van der Waals surface area contributed by atoms with Crippen LogP contribution in [0, 0.1) is 0 Å². The molecule has 1 aromatic heterocycles. The first-order valence-corrected chi connectivity index (χ1v) is 4.38. The lowest BCUT2D eigenvalue weighted by Crippen LogP contribution is -2.19. The molecular formula is C8H15N3O2. The molecule has 74 valence electrons. The van der Waals surface area contributed by atoms with Crippen LogP contribution in [0.15, 0.2) is 10.9 Å². The van der Waals surface area contributed by atoms with Gasteiger partial charge in [-0.1, -0.05) is 5.16 Å². The first-order valence-electron chi connectivity index (χ1n) is 4.38.